The molecule has 0 saturated carbocycles. The van der Waals surface area contributed by atoms with Crippen molar-refractivity contribution in [2.24, 2.45) is 0 Å². The number of hydrogen-bond donors (Lipinski definition) is 2. The van der Waals surface area contributed by atoms with Gasteiger partial charge in [-0.1, -0.05) is 151 Å². The summed E-state index contributed by atoms with van der Waals surface area (Å²) >= 11 is 7.19. The first-order valence-electron chi connectivity index (χ1n) is 28.6. The lowest BCUT2D eigenvalue weighted by Crippen LogP contribution is -2.69. The highest BCUT2D eigenvalue weighted by molar-refractivity contribution is 7.80. The van der Waals surface area contributed by atoms with Gasteiger partial charge in [0.25, 0.3) is 0 Å². The number of nitrogens with zero attached hydrogens (tertiary/aromatic N) is 1. The molecule has 22 heteroatoms. The lowest BCUT2D eigenvalue weighted by molar-refractivity contribution is -0.339. The maximum Gasteiger partial charge on any atom is 0.338 e. The van der Waals surface area contributed by atoms with E-state index in [2.05, 4.69) is 15.6 Å². The number of para-hydroxylation sites is 1. The van der Waals surface area contributed by atoms with Gasteiger partial charge in [0, 0.05) is 0 Å². The van der Waals surface area contributed by atoms with Gasteiger partial charge in [-0.15, -0.1) is 0 Å². The highest BCUT2D eigenvalue weighted by Crippen LogP contribution is 2.37. The first kappa shape index (κ1) is 62.1. The molecule has 460 valence electrons. The number of benzene rings is 8. The first-order valence-corrected chi connectivity index (χ1v) is 29.8. The summed E-state index contributed by atoms with van der Waals surface area (Å²) in [6, 6.07) is 62.2. The Bertz CT molecular complexity index is 3960. The molecule has 1 aromatic heterocycles. The van der Waals surface area contributed by atoms with E-state index in [1.54, 1.807) is 127 Å². The van der Waals surface area contributed by atoms with Crippen LogP contribution in [-0.2, 0) is 47.4 Å². The zero-order valence-electron chi connectivity index (χ0n) is 47.9. The quantitative estimate of drug-likeness (QED) is 0.0409. The number of hydrogen-bond acceptors (Lipinski definition) is 20. The van der Waals surface area contributed by atoms with Gasteiger partial charge in [-0.25, -0.2) is 38.5 Å². The molecule has 10 atom stereocenters. The molecule has 2 aliphatic heterocycles. The fourth-order valence-electron chi connectivity index (χ4n) is 9.92. The number of ether oxygens (including phenoxy) is 10. The van der Waals surface area contributed by atoms with Crippen molar-refractivity contribution in [3.8, 4) is 0 Å². The molecule has 0 radical (unpaired) electrons. The molecule has 2 fully saturated rings. The number of thiocarbonyl (C=S) groups is 1. The number of thiazole rings is 1. The molecule has 8 aromatic carbocycles. The minimum Gasteiger partial charge on any atom is -0.459 e. The normalized spacial score (nSPS) is 20.9. The number of fused-ring (bicyclic) bond motifs is 1. The third kappa shape index (κ3) is 15.7. The number of aromatic nitrogens is 1. The lowest BCUT2D eigenvalue weighted by Gasteiger charge is -2.49. The van der Waals surface area contributed by atoms with E-state index in [0.29, 0.717) is 10.6 Å². The molecule has 0 bridgehead atoms. The van der Waals surface area contributed by atoms with Crippen molar-refractivity contribution in [3.63, 3.8) is 0 Å². The molecule has 2 N–H and O–H groups in total. The van der Waals surface area contributed by atoms with Gasteiger partial charge in [0.2, 0.25) is 0 Å². The van der Waals surface area contributed by atoms with Crippen molar-refractivity contribution in [2.75, 3.05) is 18.5 Å². The van der Waals surface area contributed by atoms with Gasteiger partial charge >= 0.3 is 41.8 Å². The molecule has 0 unspecified atom stereocenters. The maximum atomic E-state index is 14.9. The molecule has 9 aromatic rings. The summed E-state index contributed by atoms with van der Waals surface area (Å²) in [5, 5.41) is 6.37. The SMILES string of the molecule is O=C(OC[C@H]1O[C@@H](NC(=S)Nc2nc3ccccc3s2)[C@H](OC(=O)c2ccccc2)[C@@H](OC(=O)c2ccccc2)[C@@H]1O[C@H]1O[C@H](COC(=O)c2ccccc2)[C@@H](OC(=O)c2ccccc2)[C@H](OC(=O)c2ccccc2)[C@H]1OC(=O)c1ccccc1)c1ccccc1. The lowest BCUT2D eigenvalue weighted by atomic mass is 9.95. The van der Waals surface area contributed by atoms with Gasteiger partial charge in [-0.3, -0.25) is 0 Å². The van der Waals surface area contributed by atoms with E-state index in [9.17, 15) is 33.6 Å². The van der Waals surface area contributed by atoms with Crippen molar-refractivity contribution in [3.05, 3.63) is 276 Å². The average molecular weight is 1260 g/mol. The van der Waals surface area contributed by atoms with Crippen LogP contribution in [0.5, 0.6) is 0 Å². The van der Waals surface area contributed by atoms with Crippen LogP contribution < -0.4 is 10.6 Å². The molecule has 11 rings (SSSR count). The molecule has 2 aliphatic rings. The first-order chi connectivity index (χ1) is 44.4. The van der Waals surface area contributed by atoms with E-state index in [0.717, 1.165) is 4.70 Å². The third-order valence-electron chi connectivity index (χ3n) is 14.3. The molecular formula is C69H55N3O17S2. The molecule has 0 amide bonds. The van der Waals surface area contributed by atoms with E-state index in [4.69, 9.17) is 59.6 Å². The van der Waals surface area contributed by atoms with Gasteiger partial charge in [0.05, 0.1) is 49.2 Å². The highest BCUT2D eigenvalue weighted by Gasteiger charge is 2.58. The predicted molar refractivity (Wildman–Crippen MR) is 333 cm³/mol. The van der Waals surface area contributed by atoms with Crippen LogP contribution in [0.4, 0.5) is 5.13 Å². The molecule has 2 saturated heterocycles. The van der Waals surface area contributed by atoms with E-state index >= 15 is 0 Å². The van der Waals surface area contributed by atoms with Crippen LogP contribution in [0, 0.1) is 0 Å². The van der Waals surface area contributed by atoms with Gasteiger partial charge in [-0.05, 0) is 109 Å². The number of anilines is 1. The van der Waals surface area contributed by atoms with Crippen LogP contribution in [0.25, 0.3) is 10.2 Å². The second kappa shape index (κ2) is 29.7. The zero-order chi connectivity index (χ0) is 63.1. The summed E-state index contributed by atoms with van der Waals surface area (Å²) < 4.78 is 65.5. The topological polar surface area (TPSA) is 249 Å². The van der Waals surface area contributed by atoms with Gasteiger partial charge in [-0.2, -0.15) is 0 Å². The van der Waals surface area contributed by atoms with E-state index < -0.39 is 116 Å². The number of carbonyl (C=O) groups is 7. The van der Waals surface area contributed by atoms with Gasteiger partial charge < -0.3 is 58.0 Å². The number of nitrogens with one attached hydrogen (secondary N) is 2. The summed E-state index contributed by atoms with van der Waals surface area (Å²) in [6.07, 6.45) is -18.4. The number of rotatable bonds is 20. The summed E-state index contributed by atoms with van der Waals surface area (Å²) in [6.45, 7) is -1.48. The zero-order valence-corrected chi connectivity index (χ0v) is 49.5. The molecule has 0 aliphatic carbocycles. The van der Waals surface area contributed by atoms with Gasteiger partial charge in [0.15, 0.2) is 53.3 Å². The fraction of sp³-hybridized carbons (Fsp3) is 0.174. The van der Waals surface area contributed by atoms with Gasteiger partial charge in [0.1, 0.15) is 31.5 Å². The molecule has 0 spiro atoms. The van der Waals surface area contributed by atoms with Crippen molar-refractivity contribution >= 4 is 85.8 Å². The minimum absolute atomic E-state index is 0.00538. The Morgan fingerprint density at radius 2 is 0.714 bits per heavy atom. The monoisotopic (exact) mass is 1260 g/mol. The van der Waals surface area contributed by atoms with Crippen LogP contribution in [-0.4, -0.2) is 126 Å². The molecule has 3 heterocycles. The molecular weight excluding hydrogens is 1210 g/mol. The molecule has 20 nitrogen and oxygen atoms in total. The van der Waals surface area contributed by atoms with Crippen molar-refractivity contribution < 1.29 is 80.9 Å². The van der Waals surface area contributed by atoms with E-state index in [1.807, 2.05) is 24.3 Å². The minimum atomic E-state index is -2.09. The summed E-state index contributed by atoms with van der Waals surface area (Å²) in [7, 11) is 0. The second-order valence-corrected chi connectivity index (χ2v) is 21.9. The largest absolute Gasteiger partial charge is 0.459 e. The Balaban J connectivity index is 1.06. The third-order valence-corrected chi connectivity index (χ3v) is 15.5. The van der Waals surface area contributed by atoms with Crippen LogP contribution in [0.3, 0.4) is 0 Å². The Hall–Kier alpha value is -10.5. The van der Waals surface area contributed by atoms with Crippen molar-refractivity contribution in [1.82, 2.24) is 10.3 Å². The maximum absolute atomic E-state index is 14.9. The number of esters is 7. The Morgan fingerprint density at radius 3 is 1.12 bits per heavy atom. The van der Waals surface area contributed by atoms with Crippen molar-refractivity contribution in [1.29, 1.82) is 0 Å². The summed E-state index contributed by atoms with van der Waals surface area (Å²) in [5.74, 6) is -6.62. The van der Waals surface area contributed by atoms with Crippen molar-refractivity contribution in [2.45, 2.75) is 61.3 Å². The predicted octanol–water partition coefficient (Wildman–Crippen LogP) is 10.3. The molecule has 91 heavy (non-hydrogen) atoms. The van der Waals surface area contributed by atoms with E-state index in [1.165, 1.54) is 96.3 Å². The fourth-order valence-corrected chi connectivity index (χ4v) is 11.1. The van der Waals surface area contributed by atoms with Crippen LogP contribution >= 0.6 is 23.6 Å². The number of carbonyl (C=O) groups excluding carboxylic acids is 7. The summed E-state index contributed by atoms with van der Waals surface area (Å²) in [5.41, 5.74) is 1.02. The smallest absolute Gasteiger partial charge is 0.338 e. The van der Waals surface area contributed by atoms with Crippen LogP contribution in [0.15, 0.2) is 237 Å². The Morgan fingerprint density at radius 1 is 0.385 bits per heavy atom. The van der Waals surface area contributed by atoms with E-state index in [-0.39, 0.29) is 44.1 Å². The summed E-state index contributed by atoms with van der Waals surface area (Å²) in [4.78, 5) is 106. The highest BCUT2D eigenvalue weighted by atomic mass is 32.1. The van der Waals surface area contributed by atoms with Crippen LogP contribution in [0.1, 0.15) is 72.5 Å². The standard InChI is InChI=1S/C69H55N3O17S2/c73-60(42-24-8-1-9-25-42)80-40-50-54(55(85-63(76)45-30-14-4-15-31-45)57(87-65(78)47-34-18-6-19-35-47)59(82-50)71-68(90)72-69-70-49-38-22-23-39-52(49)91-69)89-67-58(88-66(79)48-36-20-7-21-37-48)56(86-64(77)46-32-16-5-17-33-46)53(84-62(75)44-28-12-3-13-29-44)51(83-67)41-81-61(74)43-26-10-2-11-27-43/h1-39,50-51,53-59,67H,40-41H2,(H2,70,71,72,90)/t50-,51-,53-,54-,55+,56+,57-,58-,59-,67-/m1/s1. The Kier molecular flexibility index (Phi) is 20.3. The average Bonchev–Trinajstić information content (AvgIpc) is 1.77. The van der Waals surface area contributed by atoms with Crippen LogP contribution in [0.2, 0.25) is 0 Å². The Labute approximate surface area is 529 Å². The second-order valence-electron chi connectivity index (χ2n) is 20.4.